The summed E-state index contributed by atoms with van der Waals surface area (Å²) in [6.45, 7) is 3.58. The summed E-state index contributed by atoms with van der Waals surface area (Å²) in [6, 6.07) is 6.02. The van der Waals surface area contributed by atoms with Crippen molar-refractivity contribution in [3.63, 3.8) is 0 Å². The highest BCUT2D eigenvalue weighted by Crippen LogP contribution is 2.31. The van der Waals surface area contributed by atoms with E-state index in [0.29, 0.717) is 18.3 Å². The maximum absolute atomic E-state index is 9.09. The smallest absolute Gasteiger partial charge is 0.142 e. The highest BCUT2D eigenvalue weighted by atomic mass is 16.5. The van der Waals surface area contributed by atoms with Gasteiger partial charge in [-0.1, -0.05) is 0 Å². The van der Waals surface area contributed by atoms with E-state index in [9.17, 15) is 0 Å². The Morgan fingerprint density at radius 1 is 1.46 bits per heavy atom. The summed E-state index contributed by atoms with van der Waals surface area (Å²) in [5, 5.41) is 14.4. The van der Waals surface area contributed by atoms with Crippen LogP contribution in [0.3, 0.4) is 0 Å². The van der Waals surface area contributed by atoms with Crippen LogP contribution in [0.4, 0.5) is 0 Å². The third kappa shape index (κ3) is 2.66. The first-order chi connectivity index (χ1) is 11.7. The van der Waals surface area contributed by atoms with Crippen LogP contribution in [0, 0.1) is 11.3 Å². The van der Waals surface area contributed by atoms with Crippen molar-refractivity contribution in [1.29, 1.82) is 5.26 Å². The van der Waals surface area contributed by atoms with E-state index in [0.717, 1.165) is 47.3 Å². The molecule has 7 nitrogen and oxygen atoms in total. The van der Waals surface area contributed by atoms with E-state index in [1.54, 1.807) is 18.5 Å². The normalized spacial score (nSPS) is 18.8. The number of pyridine rings is 2. The molecule has 3 aromatic rings. The molecule has 0 radical (unpaired) electrons. The molecule has 0 aromatic carbocycles. The van der Waals surface area contributed by atoms with Crippen LogP contribution >= 0.6 is 0 Å². The molecule has 1 atom stereocenters. The number of aromatic nitrogens is 3. The molecule has 0 spiro atoms. The van der Waals surface area contributed by atoms with Gasteiger partial charge in [-0.2, -0.15) is 5.26 Å². The van der Waals surface area contributed by atoms with E-state index in [4.69, 9.17) is 10.00 Å². The predicted octanol–water partition coefficient (Wildman–Crippen LogP) is 1.27. The molecular weight excluding hydrogens is 304 g/mol. The van der Waals surface area contributed by atoms with Crippen LogP contribution in [0.25, 0.3) is 21.9 Å². The SMILES string of the molecule is CN1CCNC(COc2ccnc3[nH]c4cnc(C#N)cc4c23)C1. The number of piperazine rings is 1. The van der Waals surface area contributed by atoms with E-state index in [-0.39, 0.29) is 0 Å². The quantitative estimate of drug-likeness (QED) is 0.755. The van der Waals surface area contributed by atoms with Crippen molar-refractivity contribution >= 4 is 21.9 Å². The molecule has 3 aromatic heterocycles. The molecule has 4 heterocycles. The molecule has 1 fully saturated rings. The van der Waals surface area contributed by atoms with Gasteiger partial charge in [0.25, 0.3) is 0 Å². The van der Waals surface area contributed by atoms with Crippen molar-refractivity contribution in [3.05, 3.63) is 30.2 Å². The molecule has 1 saturated heterocycles. The number of nitrogens with one attached hydrogen (secondary N) is 2. The number of ether oxygens (including phenoxy) is 1. The van der Waals surface area contributed by atoms with Crippen LogP contribution in [0.15, 0.2) is 24.5 Å². The van der Waals surface area contributed by atoms with Gasteiger partial charge in [0.15, 0.2) is 0 Å². The number of fused-ring (bicyclic) bond motifs is 3. The minimum Gasteiger partial charge on any atom is -0.491 e. The van der Waals surface area contributed by atoms with Gasteiger partial charge >= 0.3 is 0 Å². The van der Waals surface area contributed by atoms with Gasteiger partial charge in [-0.3, -0.25) is 0 Å². The lowest BCUT2D eigenvalue weighted by atomic mass is 10.2. The number of aromatic amines is 1. The van der Waals surface area contributed by atoms with E-state index in [2.05, 4.69) is 38.3 Å². The Kier molecular flexibility index (Phi) is 3.76. The summed E-state index contributed by atoms with van der Waals surface area (Å²) in [5.41, 5.74) is 1.98. The van der Waals surface area contributed by atoms with Crippen molar-refractivity contribution in [3.8, 4) is 11.8 Å². The second-order valence-corrected chi connectivity index (χ2v) is 6.11. The molecule has 1 unspecified atom stereocenters. The Balaban J connectivity index is 1.68. The van der Waals surface area contributed by atoms with Crippen molar-refractivity contribution < 1.29 is 4.74 Å². The van der Waals surface area contributed by atoms with E-state index < -0.39 is 0 Å². The molecule has 122 valence electrons. The number of nitrogens with zero attached hydrogens (tertiary/aromatic N) is 4. The van der Waals surface area contributed by atoms with Gasteiger partial charge in [-0.25, -0.2) is 9.97 Å². The molecule has 0 amide bonds. The number of H-pyrrole nitrogens is 1. The summed E-state index contributed by atoms with van der Waals surface area (Å²) >= 11 is 0. The minimum atomic E-state index is 0.300. The van der Waals surface area contributed by atoms with Gasteiger partial charge in [-0.05, 0) is 19.2 Å². The molecular formula is C17H18N6O. The van der Waals surface area contributed by atoms with Crippen molar-refractivity contribution in [1.82, 2.24) is 25.2 Å². The van der Waals surface area contributed by atoms with Gasteiger partial charge in [0.2, 0.25) is 0 Å². The fraction of sp³-hybridized carbons (Fsp3) is 0.353. The highest BCUT2D eigenvalue weighted by molar-refractivity contribution is 6.09. The second-order valence-electron chi connectivity index (χ2n) is 6.11. The third-order valence-corrected chi connectivity index (χ3v) is 4.35. The molecule has 0 saturated carbocycles. The Hall–Kier alpha value is -2.69. The molecule has 4 rings (SSSR count). The molecule has 0 aliphatic carbocycles. The zero-order chi connectivity index (χ0) is 16.5. The van der Waals surface area contributed by atoms with Crippen molar-refractivity contribution in [2.24, 2.45) is 0 Å². The third-order valence-electron chi connectivity index (χ3n) is 4.35. The summed E-state index contributed by atoms with van der Waals surface area (Å²) in [7, 11) is 2.12. The van der Waals surface area contributed by atoms with E-state index >= 15 is 0 Å². The molecule has 24 heavy (non-hydrogen) atoms. The van der Waals surface area contributed by atoms with Crippen molar-refractivity contribution in [2.75, 3.05) is 33.3 Å². The first-order valence-corrected chi connectivity index (χ1v) is 7.96. The Morgan fingerprint density at radius 2 is 2.38 bits per heavy atom. The van der Waals surface area contributed by atoms with Gasteiger partial charge in [0.1, 0.15) is 29.8 Å². The standard InChI is InChI=1S/C17H18N6O/c1-23-5-4-19-12(9-23)10-24-15-2-3-20-17-16(15)13-6-11(7-18)21-8-14(13)22-17/h2-3,6,8,12,19H,4-5,9-10H2,1H3,(H,20,22). The van der Waals surface area contributed by atoms with Crippen LogP contribution < -0.4 is 10.1 Å². The lowest BCUT2D eigenvalue weighted by molar-refractivity contribution is 0.181. The molecule has 7 heteroatoms. The summed E-state index contributed by atoms with van der Waals surface area (Å²) in [4.78, 5) is 14.0. The molecule has 1 aliphatic rings. The summed E-state index contributed by atoms with van der Waals surface area (Å²) in [5.74, 6) is 0.774. The number of hydrogen-bond donors (Lipinski definition) is 2. The average molecular weight is 322 g/mol. The number of rotatable bonds is 3. The van der Waals surface area contributed by atoms with E-state index in [1.807, 2.05) is 6.07 Å². The largest absolute Gasteiger partial charge is 0.491 e. The number of nitriles is 1. The topological polar surface area (TPSA) is 89.9 Å². The summed E-state index contributed by atoms with van der Waals surface area (Å²) < 4.78 is 6.09. The first kappa shape index (κ1) is 14.9. The monoisotopic (exact) mass is 322 g/mol. The van der Waals surface area contributed by atoms with Gasteiger partial charge in [0, 0.05) is 31.2 Å². The predicted molar refractivity (Wildman–Crippen MR) is 90.9 cm³/mol. The Bertz CT molecular complexity index is 928. The number of likely N-dealkylation sites (N-methyl/N-ethyl adjacent to an activating group) is 1. The molecule has 2 N–H and O–H groups in total. The fourth-order valence-corrected chi connectivity index (χ4v) is 3.16. The number of hydrogen-bond acceptors (Lipinski definition) is 6. The first-order valence-electron chi connectivity index (χ1n) is 7.96. The molecule has 1 aliphatic heterocycles. The fourth-order valence-electron chi connectivity index (χ4n) is 3.16. The lowest BCUT2D eigenvalue weighted by Gasteiger charge is -2.30. The van der Waals surface area contributed by atoms with Crippen LogP contribution in [0.1, 0.15) is 5.69 Å². The summed E-state index contributed by atoms with van der Waals surface area (Å²) in [6.07, 6.45) is 3.39. The second kappa shape index (κ2) is 6.07. The zero-order valence-electron chi connectivity index (χ0n) is 13.4. The van der Waals surface area contributed by atoms with Crippen LogP contribution in [-0.4, -0.2) is 59.2 Å². The Morgan fingerprint density at radius 3 is 3.21 bits per heavy atom. The zero-order valence-corrected chi connectivity index (χ0v) is 13.4. The van der Waals surface area contributed by atoms with Gasteiger partial charge < -0.3 is 19.9 Å². The average Bonchev–Trinajstić information content (AvgIpc) is 2.98. The van der Waals surface area contributed by atoms with Crippen molar-refractivity contribution in [2.45, 2.75) is 6.04 Å². The maximum atomic E-state index is 9.09. The van der Waals surface area contributed by atoms with Crippen LogP contribution in [-0.2, 0) is 0 Å². The van der Waals surface area contributed by atoms with Gasteiger partial charge in [-0.15, -0.1) is 0 Å². The van der Waals surface area contributed by atoms with Gasteiger partial charge in [0.05, 0.1) is 23.1 Å². The van der Waals surface area contributed by atoms with Crippen LogP contribution in [0.5, 0.6) is 5.75 Å². The minimum absolute atomic E-state index is 0.300. The highest BCUT2D eigenvalue weighted by Gasteiger charge is 2.18. The lowest BCUT2D eigenvalue weighted by Crippen LogP contribution is -2.51. The maximum Gasteiger partial charge on any atom is 0.142 e. The molecule has 0 bridgehead atoms. The van der Waals surface area contributed by atoms with Crippen LogP contribution in [0.2, 0.25) is 0 Å². The Labute approximate surface area is 139 Å². The van der Waals surface area contributed by atoms with E-state index in [1.165, 1.54) is 0 Å².